The standard InChI is InChI=1S/C17H17N3O4S/c21-15(18-7-10-1-4-13-14(5-10)24-9-23-13)6-12-8-25-17(19-12)20-16(22)11-2-3-11/h1,4-5,8,11H,2-3,6-7,9H2,(H,18,21)(H,19,20,22). The molecule has 0 atom stereocenters. The Kier molecular flexibility index (Phi) is 4.27. The SMILES string of the molecule is O=C(Cc1csc(NC(=O)C2CC2)n1)NCc1ccc2c(c1)OCO2. The van der Waals surface area contributed by atoms with Crippen LogP contribution in [0, 0.1) is 5.92 Å². The number of rotatable bonds is 6. The van der Waals surface area contributed by atoms with Gasteiger partial charge >= 0.3 is 0 Å². The molecule has 25 heavy (non-hydrogen) atoms. The fourth-order valence-corrected chi connectivity index (χ4v) is 3.19. The average molecular weight is 359 g/mol. The van der Waals surface area contributed by atoms with E-state index in [1.807, 2.05) is 18.2 Å². The van der Waals surface area contributed by atoms with E-state index in [4.69, 9.17) is 9.47 Å². The Hall–Kier alpha value is -2.61. The van der Waals surface area contributed by atoms with Crippen molar-refractivity contribution in [2.45, 2.75) is 25.8 Å². The molecular formula is C17H17N3O4S. The van der Waals surface area contributed by atoms with Crippen LogP contribution in [0.1, 0.15) is 24.1 Å². The Labute approximate surface area is 148 Å². The molecule has 2 aliphatic rings. The summed E-state index contributed by atoms with van der Waals surface area (Å²) in [4.78, 5) is 28.1. The van der Waals surface area contributed by atoms with Crippen LogP contribution < -0.4 is 20.1 Å². The summed E-state index contributed by atoms with van der Waals surface area (Å²) in [7, 11) is 0. The maximum atomic E-state index is 12.1. The Bertz CT molecular complexity index is 816. The number of fused-ring (bicyclic) bond motifs is 1. The summed E-state index contributed by atoms with van der Waals surface area (Å²) >= 11 is 1.34. The molecule has 2 amide bonds. The molecule has 1 fully saturated rings. The lowest BCUT2D eigenvalue weighted by atomic mass is 10.2. The van der Waals surface area contributed by atoms with Crippen molar-refractivity contribution in [2.75, 3.05) is 12.1 Å². The number of hydrogen-bond donors (Lipinski definition) is 2. The summed E-state index contributed by atoms with van der Waals surface area (Å²) < 4.78 is 10.6. The third kappa shape index (κ3) is 3.90. The van der Waals surface area contributed by atoms with Gasteiger partial charge in [-0.05, 0) is 30.5 Å². The highest BCUT2D eigenvalue weighted by Gasteiger charge is 2.30. The third-order valence-electron chi connectivity index (χ3n) is 4.00. The minimum Gasteiger partial charge on any atom is -0.454 e. The molecular weight excluding hydrogens is 342 g/mol. The van der Waals surface area contributed by atoms with E-state index in [1.165, 1.54) is 11.3 Å². The van der Waals surface area contributed by atoms with Gasteiger partial charge in [-0.3, -0.25) is 9.59 Å². The molecule has 130 valence electrons. The zero-order valence-electron chi connectivity index (χ0n) is 13.4. The zero-order valence-corrected chi connectivity index (χ0v) is 14.2. The molecule has 2 N–H and O–H groups in total. The number of carbonyl (C=O) groups excluding carboxylic acids is 2. The van der Waals surface area contributed by atoms with Crippen molar-refractivity contribution in [3.05, 3.63) is 34.8 Å². The van der Waals surface area contributed by atoms with Gasteiger partial charge in [-0.15, -0.1) is 11.3 Å². The van der Waals surface area contributed by atoms with Crippen LogP contribution in [-0.2, 0) is 22.6 Å². The number of thiazole rings is 1. The van der Waals surface area contributed by atoms with Crippen LogP contribution in [0.5, 0.6) is 11.5 Å². The van der Waals surface area contributed by atoms with E-state index < -0.39 is 0 Å². The molecule has 1 aliphatic carbocycles. The molecule has 1 aromatic carbocycles. The molecule has 0 spiro atoms. The maximum Gasteiger partial charge on any atom is 0.231 e. The van der Waals surface area contributed by atoms with Crippen LogP contribution >= 0.6 is 11.3 Å². The van der Waals surface area contributed by atoms with Crippen molar-refractivity contribution in [1.82, 2.24) is 10.3 Å². The first-order valence-electron chi connectivity index (χ1n) is 8.08. The van der Waals surface area contributed by atoms with Gasteiger partial charge in [-0.25, -0.2) is 4.98 Å². The van der Waals surface area contributed by atoms with E-state index in [9.17, 15) is 9.59 Å². The molecule has 0 unspecified atom stereocenters. The number of carbonyl (C=O) groups is 2. The number of amides is 2. The molecule has 2 heterocycles. The van der Waals surface area contributed by atoms with Gasteiger partial charge in [0.1, 0.15) is 0 Å². The van der Waals surface area contributed by atoms with Crippen molar-refractivity contribution < 1.29 is 19.1 Å². The summed E-state index contributed by atoms with van der Waals surface area (Å²) in [5, 5.41) is 7.99. The van der Waals surface area contributed by atoms with Crippen LogP contribution in [0.25, 0.3) is 0 Å². The maximum absolute atomic E-state index is 12.1. The number of nitrogens with one attached hydrogen (secondary N) is 2. The zero-order chi connectivity index (χ0) is 17.2. The van der Waals surface area contributed by atoms with E-state index in [0.717, 1.165) is 24.2 Å². The lowest BCUT2D eigenvalue weighted by Crippen LogP contribution is -2.24. The quantitative estimate of drug-likeness (QED) is 0.824. The molecule has 7 nitrogen and oxygen atoms in total. The third-order valence-corrected chi connectivity index (χ3v) is 4.80. The van der Waals surface area contributed by atoms with Gasteiger partial charge in [0, 0.05) is 17.8 Å². The molecule has 8 heteroatoms. The molecule has 0 bridgehead atoms. The van der Waals surface area contributed by atoms with Gasteiger partial charge in [-0.2, -0.15) is 0 Å². The molecule has 1 saturated carbocycles. The van der Waals surface area contributed by atoms with Gasteiger partial charge in [-0.1, -0.05) is 6.07 Å². The van der Waals surface area contributed by atoms with Crippen LogP contribution in [0.4, 0.5) is 5.13 Å². The molecule has 0 saturated heterocycles. The highest BCUT2D eigenvalue weighted by Crippen LogP contribution is 2.32. The summed E-state index contributed by atoms with van der Waals surface area (Å²) in [6.45, 7) is 0.638. The number of hydrogen-bond acceptors (Lipinski definition) is 6. The van der Waals surface area contributed by atoms with Crippen molar-refractivity contribution in [3.8, 4) is 11.5 Å². The van der Waals surface area contributed by atoms with Crippen molar-refractivity contribution in [2.24, 2.45) is 5.92 Å². The van der Waals surface area contributed by atoms with Crippen LogP contribution in [0.2, 0.25) is 0 Å². The highest BCUT2D eigenvalue weighted by atomic mass is 32.1. The molecule has 2 aromatic rings. The van der Waals surface area contributed by atoms with Crippen LogP contribution in [-0.4, -0.2) is 23.6 Å². The number of nitrogens with zero attached hydrogens (tertiary/aromatic N) is 1. The predicted octanol–water partition coefficient (Wildman–Crippen LogP) is 2.08. The van der Waals surface area contributed by atoms with E-state index in [1.54, 1.807) is 5.38 Å². The molecule has 4 rings (SSSR count). The fourth-order valence-electron chi connectivity index (χ4n) is 2.48. The Morgan fingerprint density at radius 3 is 2.92 bits per heavy atom. The van der Waals surface area contributed by atoms with Crippen molar-refractivity contribution in [3.63, 3.8) is 0 Å². The first-order chi connectivity index (χ1) is 12.2. The van der Waals surface area contributed by atoms with Crippen molar-refractivity contribution in [1.29, 1.82) is 0 Å². The Balaban J connectivity index is 1.27. The summed E-state index contributed by atoms with van der Waals surface area (Å²) in [6, 6.07) is 5.58. The second-order valence-corrected chi connectivity index (χ2v) is 6.91. The topological polar surface area (TPSA) is 89.6 Å². The van der Waals surface area contributed by atoms with Gasteiger partial charge in [0.25, 0.3) is 0 Å². The van der Waals surface area contributed by atoms with Gasteiger partial charge in [0.2, 0.25) is 18.6 Å². The van der Waals surface area contributed by atoms with Crippen LogP contribution in [0.15, 0.2) is 23.6 Å². The second-order valence-electron chi connectivity index (χ2n) is 6.05. The minimum atomic E-state index is -0.122. The number of aromatic nitrogens is 1. The van der Waals surface area contributed by atoms with Gasteiger partial charge in [0.15, 0.2) is 16.6 Å². The predicted molar refractivity (Wildman–Crippen MR) is 91.6 cm³/mol. The van der Waals surface area contributed by atoms with Gasteiger partial charge < -0.3 is 20.1 Å². The fraction of sp³-hybridized carbons (Fsp3) is 0.353. The molecule has 0 radical (unpaired) electrons. The monoisotopic (exact) mass is 359 g/mol. The summed E-state index contributed by atoms with van der Waals surface area (Å²) in [6.07, 6.45) is 2.08. The Morgan fingerprint density at radius 1 is 1.24 bits per heavy atom. The lowest BCUT2D eigenvalue weighted by molar-refractivity contribution is -0.120. The average Bonchev–Trinajstić information content (AvgIpc) is 3.21. The first-order valence-corrected chi connectivity index (χ1v) is 8.96. The van der Waals surface area contributed by atoms with E-state index in [2.05, 4.69) is 15.6 Å². The first kappa shape index (κ1) is 15.9. The van der Waals surface area contributed by atoms with Crippen molar-refractivity contribution >= 4 is 28.3 Å². The van der Waals surface area contributed by atoms with Crippen LogP contribution in [0.3, 0.4) is 0 Å². The van der Waals surface area contributed by atoms with E-state index in [-0.39, 0.29) is 30.9 Å². The highest BCUT2D eigenvalue weighted by molar-refractivity contribution is 7.13. The minimum absolute atomic E-state index is 0.0214. The summed E-state index contributed by atoms with van der Waals surface area (Å²) in [5.41, 5.74) is 1.59. The second kappa shape index (κ2) is 6.72. The number of ether oxygens (including phenoxy) is 2. The number of anilines is 1. The van der Waals surface area contributed by atoms with Gasteiger partial charge in [0.05, 0.1) is 12.1 Å². The summed E-state index contributed by atoms with van der Waals surface area (Å²) in [5.74, 6) is 1.45. The van der Waals surface area contributed by atoms with E-state index in [0.29, 0.717) is 23.1 Å². The number of benzene rings is 1. The smallest absolute Gasteiger partial charge is 0.231 e. The largest absolute Gasteiger partial charge is 0.454 e. The van der Waals surface area contributed by atoms with E-state index >= 15 is 0 Å². The normalized spacial score (nSPS) is 15.0. The molecule has 1 aliphatic heterocycles. The lowest BCUT2D eigenvalue weighted by Gasteiger charge is -2.05. The molecule has 1 aromatic heterocycles. The Morgan fingerprint density at radius 2 is 2.08 bits per heavy atom.